The molecule has 2 amide bonds. The molecule has 1 N–H and O–H groups in total. The first-order chi connectivity index (χ1) is 27.5. The Morgan fingerprint density at radius 2 is 1.72 bits per heavy atom. The van der Waals surface area contributed by atoms with Crippen LogP contribution >= 0.6 is 22.7 Å². The number of fused-ring (bicyclic) bond motifs is 2. The second kappa shape index (κ2) is 16.2. The molecule has 2 aliphatic heterocycles. The van der Waals surface area contributed by atoms with Gasteiger partial charge in [0.2, 0.25) is 5.13 Å². The van der Waals surface area contributed by atoms with E-state index in [0.717, 1.165) is 42.7 Å². The number of imide groups is 1. The van der Waals surface area contributed by atoms with Crippen LogP contribution in [0.25, 0.3) is 21.6 Å². The summed E-state index contributed by atoms with van der Waals surface area (Å²) in [7, 11) is 1.66. The third-order valence-electron chi connectivity index (χ3n) is 8.90. The van der Waals surface area contributed by atoms with E-state index in [1.165, 1.54) is 5.01 Å². The molecule has 17 nitrogen and oxygen atoms in total. The van der Waals surface area contributed by atoms with Crippen LogP contribution in [-0.4, -0.2) is 96.2 Å². The lowest BCUT2D eigenvalue weighted by Crippen LogP contribution is -2.63. The molecule has 5 aromatic rings. The minimum absolute atomic E-state index is 0.00923. The highest BCUT2D eigenvalue weighted by atomic mass is 32.1. The van der Waals surface area contributed by atoms with Gasteiger partial charge >= 0.3 is 12.2 Å². The van der Waals surface area contributed by atoms with Crippen molar-refractivity contribution in [3.63, 3.8) is 0 Å². The zero-order valence-electron chi connectivity index (χ0n) is 33.3. The number of ether oxygens (including phenoxy) is 5. The highest BCUT2D eigenvalue weighted by Crippen LogP contribution is 2.41. The van der Waals surface area contributed by atoms with Crippen molar-refractivity contribution >= 4 is 55.9 Å². The molecular weight excluding hydrogens is 787 g/mol. The van der Waals surface area contributed by atoms with Gasteiger partial charge in [0.1, 0.15) is 59.4 Å². The number of aliphatic hydroxyl groups is 1. The molecule has 5 heterocycles. The summed E-state index contributed by atoms with van der Waals surface area (Å²) in [5.74, 6) is 0.367. The quantitative estimate of drug-likeness (QED) is 0.119. The van der Waals surface area contributed by atoms with Gasteiger partial charge in [-0.25, -0.2) is 19.6 Å². The van der Waals surface area contributed by atoms with Gasteiger partial charge < -0.3 is 28.8 Å². The fourth-order valence-corrected chi connectivity index (χ4v) is 8.11. The molecule has 7 rings (SSSR count). The van der Waals surface area contributed by atoms with Crippen molar-refractivity contribution in [2.45, 2.75) is 96.4 Å². The van der Waals surface area contributed by atoms with E-state index in [1.807, 2.05) is 55.5 Å². The smallest absolute Gasteiger partial charge is 0.426 e. The van der Waals surface area contributed by atoms with E-state index in [-0.39, 0.29) is 23.1 Å². The van der Waals surface area contributed by atoms with Crippen molar-refractivity contribution in [3.8, 4) is 5.69 Å². The van der Waals surface area contributed by atoms with Crippen molar-refractivity contribution in [2.24, 2.45) is 10.3 Å². The lowest BCUT2D eigenvalue weighted by Gasteiger charge is -2.49. The number of anilines is 1. The summed E-state index contributed by atoms with van der Waals surface area (Å²) in [6, 6.07) is 14.5. The molecular formula is C39H45N9O8S2. The maximum absolute atomic E-state index is 13.2. The van der Waals surface area contributed by atoms with Crippen LogP contribution in [0, 0.1) is 6.92 Å². The van der Waals surface area contributed by atoms with E-state index < -0.39 is 60.1 Å². The molecule has 0 bridgehead atoms. The van der Waals surface area contributed by atoms with Gasteiger partial charge in [-0.1, -0.05) is 42.1 Å². The number of hydrogen-bond acceptors (Lipinski definition) is 16. The van der Waals surface area contributed by atoms with Crippen LogP contribution in [0.5, 0.6) is 0 Å². The Morgan fingerprint density at radius 3 is 2.41 bits per heavy atom. The molecule has 0 radical (unpaired) electrons. The van der Waals surface area contributed by atoms with Gasteiger partial charge in [0.05, 0.1) is 21.8 Å². The van der Waals surface area contributed by atoms with E-state index in [9.17, 15) is 14.7 Å². The van der Waals surface area contributed by atoms with E-state index in [1.54, 1.807) is 76.2 Å². The van der Waals surface area contributed by atoms with Crippen LogP contribution in [0.3, 0.4) is 0 Å². The number of carbonyl (C=O) groups excluding carboxylic acids is 2. The molecule has 2 aromatic carbocycles. The number of hydrogen-bond donors (Lipinski definition) is 1. The van der Waals surface area contributed by atoms with Crippen LogP contribution in [0.15, 0.2) is 77.2 Å². The van der Waals surface area contributed by atoms with Gasteiger partial charge in [-0.15, -0.1) is 38.0 Å². The fourth-order valence-electron chi connectivity index (χ4n) is 6.43. The van der Waals surface area contributed by atoms with Gasteiger partial charge in [0.25, 0.3) is 0 Å². The number of aryl methyl sites for hydroxylation is 1. The molecule has 6 atom stereocenters. The summed E-state index contributed by atoms with van der Waals surface area (Å²) in [6.07, 6.45) is -4.69. The molecule has 2 saturated heterocycles. The Kier molecular flexibility index (Phi) is 11.5. The molecule has 3 aromatic heterocycles. The highest BCUT2D eigenvalue weighted by Gasteiger charge is 2.53. The Labute approximate surface area is 342 Å². The second-order valence-corrected chi connectivity index (χ2v) is 17.8. The number of carbonyl (C=O) groups is 2. The van der Waals surface area contributed by atoms with Crippen LogP contribution in [-0.2, 0) is 23.7 Å². The molecule has 0 spiro atoms. The topological polar surface area (TPSA) is 188 Å². The first-order valence-corrected chi connectivity index (χ1v) is 20.1. The Hall–Kier alpha value is -5.18. The Balaban J connectivity index is 1.16. The van der Waals surface area contributed by atoms with E-state index in [4.69, 9.17) is 23.7 Å². The van der Waals surface area contributed by atoms with Crippen LogP contribution in [0.2, 0.25) is 0 Å². The summed E-state index contributed by atoms with van der Waals surface area (Å²) in [4.78, 5) is 36.2. The number of aliphatic hydroxyl groups excluding tert-OH is 1. The number of nitrogens with zero attached hydrogens (tertiary/aromatic N) is 9. The molecule has 2 aliphatic rings. The molecule has 58 heavy (non-hydrogen) atoms. The maximum atomic E-state index is 13.2. The number of amides is 2. The van der Waals surface area contributed by atoms with Gasteiger partial charge in [-0.2, -0.15) is 4.90 Å². The number of benzene rings is 2. The Bertz CT molecular complexity index is 2290. The summed E-state index contributed by atoms with van der Waals surface area (Å²) in [5, 5.41) is 33.6. The summed E-state index contributed by atoms with van der Waals surface area (Å²) >= 11 is 2.57. The van der Waals surface area contributed by atoms with Crippen LogP contribution < -0.4 is 4.90 Å². The van der Waals surface area contributed by atoms with Crippen molar-refractivity contribution in [1.82, 2.24) is 29.7 Å². The number of likely N-dealkylation sites (N-methyl/N-ethyl adjacent to an activating group) is 1. The SMILES string of the molecule is C=C(/N=N\N(C)C1C(O)[C@H](c2nncn2-c2ccc3nc(C)sc3c2)OC2COC(c3ccccc3)O[C@@H]21)c1csc(N(C(=O)OC(C)(C)C)C(=O)OC(C)(C)C)n1. The number of thiazole rings is 2. The molecule has 306 valence electrons. The lowest BCUT2D eigenvalue weighted by molar-refractivity contribution is -0.321. The number of rotatable bonds is 8. The second-order valence-electron chi connectivity index (χ2n) is 15.7. The van der Waals surface area contributed by atoms with Gasteiger partial charge in [0.15, 0.2) is 12.1 Å². The van der Waals surface area contributed by atoms with Crippen molar-refractivity contribution < 1.29 is 38.4 Å². The van der Waals surface area contributed by atoms with Gasteiger partial charge in [-0.3, -0.25) is 9.58 Å². The van der Waals surface area contributed by atoms with E-state index in [0.29, 0.717) is 5.82 Å². The third kappa shape index (κ3) is 8.93. The molecule has 0 saturated carbocycles. The maximum Gasteiger partial charge on any atom is 0.426 e. The summed E-state index contributed by atoms with van der Waals surface area (Å²) in [5.41, 5.74) is 1.02. The fraction of sp³-hybridized carbons (Fsp3) is 0.436. The lowest BCUT2D eigenvalue weighted by atomic mass is 9.90. The minimum atomic E-state index is -1.26. The largest absolute Gasteiger partial charge is 0.443 e. The van der Waals surface area contributed by atoms with E-state index in [2.05, 4.69) is 37.1 Å². The normalized spacial score (nSPS) is 22.4. The predicted octanol–water partition coefficient (Wildman–Crippen LogP) is 7.57. The summed E-state index contributed by atoms with van der Waals surface area (Å²) in [6.45, 7) is 16.3. The van der Waals surface area contributed by atoms with Crippen molar-refractivity contribution in [2.75, 3.05) is 18.6 Å². The first kappa shape index (κ1) is 41.0. The predicted molar refractivity (Wildman–Crippen MR) is 215 cm³/mol. The van der Waals surface area contributed by atoms with Crippen LogP contribution in [0.1, 0.15) is 76.0 Å². The standard InChI is InChI=1S/C39H45N9O8S2/c1-21(26-19-57-35(42-26)48(36(50)55-38(3,4)5)37(51)56-39(6,7)8)43-45-46(9)29-30(49)32(53-27-18-52-34(54-31(27)29)23-13-11-10-12-14-23)33-44-40-20-47(33)24-15-16-25-28(17-24)58-22(2)41-25/h10-17,19-20,27,29-32,34,49H,1,18H2,2-9H3/b45-43-/t27?,29?,30?,31-,32+,34?/m0/s1. The summed E-state index contributed by atoms with van der Waals surface area (Å²) < 4.78 is 33.0. The monoisotopic (exact) mass is 831 g/mol. The first-order valence-electron chi connectivity index (χ1n) is 18.4. The molecule has 2 fully saturated rings. The van der Waals surface area contributed by atoms with E-state index >= 15 is 0 Å². The number of aromatic nitrogens is 5. The minimum Gasteiger partial charge on any atom is -0.443 e. The Morgan fingerprint density at radius 1 is 1.02 bits per heavy atom. The van der Waals surface area contributed by atoms with Crippen LogP contribution in [0.4, 0.5) is 14.7 Å². The average Bonchev–Trinajstić information content (AvgIpc) is 3.92. The zero-order chi connectivity index (χ0) is 41.5. The van der Waals surface area contributed by atoms with Crippen molar-refractivity contribution in [1.29, 1.82) is 0 Å². The van der Waals surface area contributed by atoms with Gasteiger partial charge in [0, 0.05) is 23.7 Å². The molecule has 19 heteroatoms. The molecule has 4 unspecified atom stereocenters. The zero-order valence-corrected chi connectivity index (χ0v) is 34.9. The highest BCUT2D eigenvalue weighted by molar-refractivity contribution is 7.18. The van der Waals surface area contributed by atoms with Crippen molar-refractivity contribution in [3.05, 3.63) is 88.9 Å². The average molecular weight is 832 g/mol. The third-order valence-corrected chi connectivity index (χ3v) is 10.7. The van der Waals surface area contributed by atoms with Gasteiger partial charge in [-0.05, 0) is 66.7 Å². The molecule has 0 aliphatic carbocycles.